The van der Waals surface area contributed by atoms with Gasteiger partial charge in [0.15, 0.2) is 0 Å². The van der Waals surface area contributed by atoms with Crippen LogP contribution in [0.1, 0.15) is 39.2 Å². The Balaban J connectivity index is 1.42. The van der Waals surface area contributed by atoms with Crippen LogP contribution < -0.4 is 20.1 Å². The van der Waals surface area contributed by atoms with Crippen LogP contribution in [0.3, 0.4) is 0 Å². The Morgan fingerprint density at radius 2 is 1.68 bits per heavy atom. The SMILES string of the molecule is CCOc1cc(CN2CCC(Nc3ccc(NC(C)=O)nc3)CC2)cc(OCC)c1-c1ccc(F)cc1. The zero-order chi connectivity index (χ0) is 26.2. The molecule has 1 amide bonds. The van der Waals surface area contributed by atoms with Crippen LogP contribution in [0.25, 0.3) is 11.1 Å². The first kappa shape index (κ1) is 26.4. The highest BCUT2D eigenvalue weighted by Crippen LogP contribution is 2.40. The van der Waals surface area contributed by atoms with Crippen molar-refractivity contribution in [2.24, 2.45) is 0 Å². The Hall–Kier alpha value is -3.65. The van der Waals surface area contributed by atoms with Gasteiger partial charge in [-0.15, -0.1) is 0 Å². The van der Waals surface area contributed by atoms with Gasteiger partial charge in [-0.3, -0.25) is 9.69 Å². The molecule has 2 N–H and O–H groups in total. The lowest BCUT2D eigenvalue weighted by molar-refractivity contribution is -0.114. The van der Waals surface area contributed by atoms with E-state index in [1.807, 2.05) is 19.9 Å². The molecule has 196 valence electrons. The molecule has 0 aliphatic carbocycles. The molecule has 0 atom stereocenters. The van der Waals surface area contributed by atoms with Crippen LogP contribution >= 0.6 is 0 Å². The van der Waals surface area contributed by atoms with Crippen molar-refractivity contribution in [1.29, 1.82) is 0 Å². The highest BCUT2D eigenvalue weighted by atomic mass is 19.1. The number of hydrogen-bond acceptors (Lipinski definition) is 6. The fourth-order valence-corrected chi connectivity index (χ4v) is 4.64. The largest absolute Gasteiger partial charge is 0.493 e. The Morgan fingerprint density at radius 3 is 2.22 bits per heavy atom. The second kappa shape index (κ2) is 12.5. The highest BCUT2D eigenvalue weighted by Gasteiger charge is 2.21. The fourth-order valence-electron chi connectivity index (χ4n) is 4.64. The normalized spacial score (nSPS) is 14.3. The fraction of sp³-hybridized carbons (Fsp3) is 0.379. The molecule has 37 heavy (non-hydrogen) atoms. The minimum absolute atomic E-state index is 0.132. The van der Waals surface area contributed by atoms with Gasteiger partial charge >= 0.3 is 0 Å². The van der Waals surface area contributed by atoms with Crippen LogP contribution in [-0.4, -0.2) is 48.1 Å². The number of likely N-dealkylation sites (tertiary alicyclic amines) is 1. The van der Waals surface area contributed by atoms with Gasteiger partial charge in [0.1, 0.15) is 23.1 Å². The third kappa shape index (κ3) is 7.20. The number of ether oxygens (including phenoxy) is 2. The van der Waals surface area contributed by atoms with E-state index in [0.717, 1.165) is 66.4 Å². The van der Waals surface area contributed by atoms with Crippen molar-refractivity contribution >= 4 is 17.4 Å². The molecule has 0 spiro atoms. The number of benzene rings is 2. The molecule has 8 heteroatoms. The number of aromatic nitrogens is 1. The second-order valence-corrected chi connectivity index (χ2v) is 9.15. The summed E-state index contributed by atoms with van der Waals surface area (Å²) in [4.78, 5) is 17.9. The molecular formula is C29H35FN4O3. The van der Waals surface area contributed by atoms with Gasteiger partial charge in [0.2, 0.25) is 5.91 Å². The second-order valence-electron chi connectivity index (χ2n) is 9.15. The van der Waals surface area contributed by atoms with E-state index in [1.54, 1.807) is 24.4 Å². The van der Waals surface area contributed by atoms with Crippen molar-refractivity contribution in [3.8, 4) is 22.6 Å². The smallest absolute Gasteiger partial charge is 0.222 e. The van der Waals surface area contributed by atoms with Crippen LogP contribution in [0.5, 0.6) is 11.5 Å². The first-order chi connectivity index (χ1) is 17.9. The Kier molecular flexibility index (Phi) is 8.95. The van der Waals surface area contributed by atoms with E-state index in [9.17, 15) is 9.18 Å². The maximum Gasteiger partial charge on any atom is 0.222 e. The quantitative estimate of drug-likeness (QED) is 0.366. The molecule has 2 heterocycles. The van der Waals surface area contributed by atoms with Gasteiger partial charge in [0.25, 0.3) is 0 Å². The van der Waals surface area contributed by atoms with Gasteiger partial charge in [-0.05, 0) is 74.2 Å². The third-order valence-electron chi connectivity index (χ3n) is 6.29. The lowest BCUT2D eigenvalue weighted by Gasteiger charge is -2.33. The molecule has 1 aromatic heterocycles. The molecule has 1 saturated heterocycles. The average molecular weight is 507 g/mol. The van der Waals surface area contributed by atoms with Gasteiger partial charge in [-0.25, -0.2) is 9.37 Å². The van der Waals surface area contributed by atoms with Crippen LogP contribution in [0.2, 0.25) is 0 Å². The summed E-state index contributed by atoms with van der Waals surface area (Å²) in [5, 5.41) is 6.24. The summed E-state index contributed by atoms with van der Waals surface area (Å²) in [7, 11) is 0. The molecule has 0 radical (unpaired) electrons. The number of halogens is 1. The maximum atomic E-state index is 13.5. The summed E-state index contributed by atoms with van der Waals surface area (Å²) in [6.45, 7) is 9.16. The van der Waals surface area contributed by atoms with Crippen molar-refractivity contribution in [3.05, 3.63) is 66.1 Å². The van der Waals surface area contributed by atoms with Crippen molar-refractivity contribution in [2.45, 2.75) is 46.2 Å². The summed E-state index contributed by atoms with van der Waals surface area (Å²) in [6, 6.07) is 14.7. The van der Waals surface area contributed by atoms with Gasteiger partial charge in [-0.2, -0.15) is 0 Å². The predicted molar refractivity (Wildman–Crippen MR) is 145 cm³/mol. The number of carbonyl (C=O) groups is 1. The van der Waals surface area contributed by atoms with E-state index in [0.29, 0.717) is 25.1 Å². The first-order valence-electron chi connectivity index (χ1n) is 12.9. The summed E-state index contributed by atoms with van der Waals surface area (Å²) in [6.07, 6.45) is 3.78. The summed E-state index contributed by atoms with van der Waals surface area (Å²) in [5.41, 5.74) is 3.80. The average Bonchev–Trinajstić information content (AvgIpc) is 2.87. The highest BCUT2D eigenvalue weighted by molar-refractivity contribution is 5.87. The third-order valence-corrected chi connectivity index (χ3v) is 6.29. The van der Waals surface area contributed by atoms with E-state index in [1.165, 1.54) is 19.1 Å². The van der Waals surface area contributed by atoms with E-state index in [2.05, 4.69) is 32.7 Å². The predicted octanol–water partition coefficient (Wildman–Crippen LogP) is 5.72. The molecule has 4 rings (SSSR count). The Bertz CT molecular complexity index is 1150. The van der Waals surface area contributed by atoms with E-state index >= 15 is 0 Å². The number of carbonyl (C=O) groups excluding carboxylic acids is 1. The number of hydrogen-bond donors (Lipinski definition) is 2. The molecule has 0 bridgehead atoms. The van der Waals surface area contributed by atoms with Gasteiger partial charge in [-0.1, -0.05) is 12.1 Å². The minimum Gasteiger partial charge on any atom is -0.493 e. The van der Waals surface area contributed by atoms with Crippen molar-refractivity contribution in [2.75, 3.05) is 36.9 Å². The molecule has 1 aliphatic heterocycles. The van der Waals surface area contributed by atoms with Crippen molar-refractivity contribution in [3.63, 3.8) is 0 Å². The van der Waals surface area contributed by atoms with Gasteiger partial charge < -0.3 is 20.1 Å². The molecule has 0 unspecified atom stereocenters. The van der Waals surface area contributed by atoms with Crippen molar-refractivity contribution in [1.82, 2.24) is 9.88 Å². The van der Waals surface area contributed by atoms with Gasteiger partial charge in [0, 0.05) is 32.6 Å². The molecule has 1 fully saturated rings. The number of amides is 1. The number of anilines is 2. The standard InChI is InChI=1S/C29H35FN4O3/c1-4-36-26-16-21(17-27(37-5-2)29(26)22-6-8-23(30)9-7-22)19-34-14-12-24(13-15-34)33-25-10-11-28(31-18-25)32-20(3)35/h6-11,16-18,24,33H,4-5,12-15,19H2,1-3H3,(H,31,32,35). The Labute approximate surface area is 218 Å². The zero-order valence-corrected chi connectivity index (χ0v) is 21.7. The van der Waals surface area contributed by atoms with Crippen LogP contribution in [0.15, 0.2) is 54.7 Å². The summed E-state index contributed by atoms with van der Waals surface area (Å²) < 4.78 is 25.6. The molecule has 7 nitrogen and oxygen atoms in total. The molecule has 1 aliphatic rings. The molecule has 3 aromatic rings. The topological polar surface area (TPSA) is 75.7 Å². The lowest BCUT2D eigenvalue weighted by atomic mass is 9.99. The molecular weight excluding hydrogens is 471 g/mol. The van der Waals surface area contributed by atoms with E-state index < -0.39 is 0 Å². The Morgan fingerprint density at radius 1 is 1.03 bits per heavy atom. The number of pyridine rings is 1. The minimum atomic E-state index is -0.271. The van der Waals surface area contributed by atoms with Crippen LogP contribution in [-0.2, 0) is 11.3 Å². The summed E-state index contributed by atoms with van der Waals surface area (Å²) >= 11 is 0. The zero-order valence-electron chi connectivity index (χ0n) is 21.7. The number of nitrogens with one attached hydrogen (secondary N) is 2. The van der Waals surface area contributed by atoms with Crippen molar-refractivity contribution < 1.29 is 18.7 Å². The first-order valence-corrected chi connectivity index (χ1v) is 12.9. The van der Waals surface area contributed by atoms with Gasteiger partial charge in [0.05, 0.1) is 30.7 Å². The molecule has 0 saturated carbocycles. The van der Waals surface area contributed by atoms with Crippen LogP contribution in [0, 0.1) is 5.82 Å². The maximum absolute atomic E-state index is 13.5. The lowest BCUT2D eigenvalue weighted by Crippen LogP contribution is -2.38. The molecule has 2 aromatic carbocycles. The summed E-state index contributed by atoms with van der Waals surface area (Å²) in [5.74, 6) is 1.65. The monoisotopic (exact) mass is 506 g/mol. The van der Waals surface area contributed by atoms with E-state index in [4.69, 9.17) is 9.47 Å². The van der Waals surface area contributed by atoms with E-state index in [-0.39, 0.29) is 11.7 Å². The van der Waals surface area contributed by atoms with Crippen LogP contribution in [0.4, 0.5) is 15.9 Å². The number of rotatable bonds is 10. The number of piperidine rings is 1. The number of nitrogens with zero attached hydrogens (tertiary/aromatic N) is 2.